The summed E-state index contributed by atoms with van der Waals surface area (Å²) in [5.41, 5.74) is 2.86. The van der Waals surface area contributed by atoms with E-state index < -0.39 is 17.5 Å². The Morgan fingerprint density at radius 2 is 1.83 bits per heavy atom. The number of benzene rings is 2. The Balaban J connectivity index is 1.50. The molecule has 0 radical (unpaired) electrons. The number of halogens is 2. The predicted molar refractivity (Wildman–Crippen MR) is 107 cm³/mol. The van der Waals surface area contributed by atoms with Crippen molar-refractivity contribution in [2.45, 2.75) is 38.1 Å². The standard InChI is InChI=1S/C22H20F2N4O/c23-15-6-1-2-9-19(15)28-18-10-3-5-14(18)20(27-28)22(29)26-21-16(24)7-4-8-17(21)25-13-11-12-13/h1-2,4,6-9,13,25H,3,5,10-12H2,(H,26,29). The summed E-state index contributed by atoms with van der Waals surface area (Å²) < 4.78 is 30.3. The van der Waals surface area contributed by atoms with Gasteiger partial charge in [-0.15, -0.1) is 0 Å². The molecule has 29 heavy (non-hydrogen) atoms. The zero-order valence-corrected chi connectivity index (χ0v) is 15.7. The molecule has 2 N–H and O–H groups in total. The van der Waals surface area contributed by atoms with Crippen LogP contribution in [0.15, 0.2) is 42.5 Å². The fourth-order valence-electron chi connectivity index (χ4n) is 3.83. The number of nitrogens with zero attached hydrogens (tertiary/aromatic N) is 2. The van der Waals surface area contributed by atoms with Gasteiger partial charge in [0.05, 0.1) is 5.69 Å². The summed E-state index contributed by atoms with van der Waals surface area (Å²) in [6.07, 6.45) is 4.35. The largest absolute Gasteiger partial charge is 0.381 e. The van der Waals surface area contributed by atoms with Crippen LogP contribution in [0.1, 0.15) is 41.0 Å². The Morgan fingerprint density at radius 3 is 2.62 bits per heavy atom. The second-order valence-electron chi connectivity index (χ2n) is 7.53. The number of carbonyl (C=O) groups is 1. The minimum absolute atomic E-state index is 0.122. The lowest BCUT2D eigenvalue weighted by Gasteiger charge is -2.13. The van der Waals surface area contributed by atoms with E-state index in [4.69, 9.17) is 0 Å². The van der Waals surface area contributed by atoms with Crippen LogP contribution in [0.5, 0.6) is 0 Å². The molecule has 148 valence electrons. The van der Waals surface area contributed by atoms with Gasteiger partial charge in [-0.1, -0.05) is 18.2 Å². The third-order valence-electron chi connectivity index (χ3n) is 5.42. The summed E-state index contributed by atoms with van der Waals surface area (Å²) in [5.74, 6) is -1.39. The van der Waals surface area contributed by atoms with Crippen LogP contribution in [0.4, 0.5) is 20.2 Å². The van der Waals surface area contributed by atoms with Crippen LogP contribution in [0.2, 0.25) is 0 Å². The Hall–Kier alpha value is -3.22. The van der Waals surface area contributed by atoms with E-state index in [-0.39, 0.29) is 11.4 Å². The maximum Gasteiger partial charge on any atom is 0.276 e. The molecule has 2 aliphatic rings. The number of fused-ring (bicyclic) bond motifs is 1. The van der Waals surface area contributed by atoms with Crippen LogP contribution in [0.3, 0.4) is 0 Å². The van der Waals surface area contributed by atoms with Gasteiger partial charge in [0.15, 0.2) is 5.69 Å². The molecule has 0 aliphatic heterocycles. The van der Waals surface area contributed by atoms with E-state index in [1.54, 1.807) is 30.3 Å². The first-order valence-electron chi connectivity index (χ1n) is 9.84. The first-order valence-corrected chi connectivity index (χ1v) is 9.84. The highest BCUT2D eigenvalue weighted by molar-refractivity contribution is 6.06. The molecular weight excluding hydrogens is 374 g/mol. The van der Waals surface area contributed by atoms with Gasteiger partial charge in [0, 0.05) is 17.3 Å². The van der Waals surface area contributed by atoms with Crippen molar-refractivity contribution < 1.29 is 13.6 Å². The molecule has 0 spiro atoms. The summed E-state index contributed by atoms with van der Waals surface area (Å²) in [6.45, 7) is 0. The van der Waals surface area contributed by atoms with E-state index in [2.05, 4.69) is 15.7 Å². The molecule has 0 atom stereocenters. The number of hydrogen-bond donors (Lipinski definition) is 2. The van der Waals surface area contributed by atoms with Crippen molar-refractivity contribution in [2.75, 3.05) is 10.6 Å². The molecular formula is C22H20F2N4O. The third kappa shape index (κ3) is 3.26. The second-order valence-corrected chi connectivity index (χ2v) is 7.53. The predicted octanol–water partition coefficient (Wildman–Crippen LogP) is 4.47. The van der Waals surface area contributed by atoms with Gasteiger partial charge in [-0.25, -0.2) is 13.5 Å². The van der Waals surface area contributed by atoms with Crippen LogP contribution in [0.25, 0.3) is 5.69 Å². The van der Waals surface area contributed by atoms with Gasteiger partial charge < -0.3 is 10.6 Å². The van der Waals surface area contributed by atoms with E-state index in [1.807, 2.05) is 0 Å². The zero-order valence-electron chi connectivity index (χ0n) is 15.7. The molecule has 2 aliphatic carbocycles. The molecule has 5 rings (SSSR count). The molecule has 1 heterocycles. The average molecular weight is 394 g/mol. The summed E-state index contributed by atoms with van der Waals surface area (Å²) in [4.78, 5) is 13.0. The van der Waals surface area contributed by atoms with Gasteiger partial charge in [-0.3, -0.25) is 4.79 Å². The second kappa shape index (κ2) is 6.99. The van der Waals surface area contributed by atoms with Crippen LogP contribution >= 0.6 is 0 Å². The summed E-state index contributed by atoms with van der Waals surface area (Å²) in [5, 5.41) is 10.3. The lowest BCUT2D eigenvalue weighted by atomic mass is 10.1. The van der Waals surface area contributed by atoms with Crippen LogP contribution in [-0.4, -0.2) is 21.7 Å². The molecule has 2 aromatic carbocycles. The summed E-state index contributed by atoms with van der Waals surface area (Å²) in [7, 11) is 0. The number of anilines is 2. The topological polar surface area (TPSA) is 59.0 Å². The molecule has 5 nitrogen and oxygen atoms in total. The van der Waals surface area contributed by atoms with Gasteiger partial charge >= 0.3 is 0 Å². The molecule has 1 amide bonds. The van der Waals surface area contributed by atoms with Gasteiger partial charge in [0.1, 0.15) is 23.0 Å². The fourth-order valence-corrected chi connectivity index (χ4v) is 3.83. The third-order valence-corrected chi connectivity index (χ3v) is 5.42. The molecule has 1 fully saturated rings. The highest BCUT2D eigenvalue weighted by Gasteiger charge is 2.29. The van der Waals surface area contributed by atoms with Crippen LogP contribution < -0.4 is 10.6 Å². The first kappa shape index (κ1) is 17.8. The lowest BCUT2D eigenvalue weighted by Crippen LogP contribution is -2.17. The maximum absolute atomic E-state index is 14.5. The number of para-hydroxylation sites is 2. The first-order chi connectivity index (χ1) is 14.1. The Bertz CT molecular complexity index is 1100. The lowest BCUT2D eigenvalue weighted by molar-refractivity contribution is 0.102. The maximum atomic E-state index is 14.5. The van der Waals surface area contributed by atoms with Crippen LogP contribution in [-0.2, 0) is 12.8 Å². The minimum atomic E-state index is -0.505. The number of aromatic nitrogens is 2. The summed E-state index contributed by atoms with van der Waals surface area (Å²) in [6, 6.07) is 11.3. The SMILES string of the molecule is O=C(Nc1c(F)cccc1NC1CC1)c1nn(-c2ccccc2F)c2c1CCC2. The molecule has 0 unspecified atom stereocenters. The Kier molecular flexibility index (Phi) is 4.30. The number of amides is 1. The van der Waals surface area contributed by atoms with E-state index in [0.29, 0.717) is 23.8 Å². The number of carbonyl (C=O) groups excluding carboxylic acids is 1. The minimum Gasteiger partial charge on any atom is -0.381 e. The molecule has 1 aromatic heterocycles. The van der Waals surface area contributed by atoms with Crippen molar-refractivity contribution in [3.8, 4) is 5.69 Å². The van der Waals surface area contributed by atoms with Gasteiger partial charge in [-0.05, 0) is 56.4 Å². The van der Waals surface area contributed by atoms with E-state index in [1.165, 1.54) is 16.8 Å². The number of rotatable bonds is 5. The van der Waals surface area contributed by atoms with Crippen molar-refractivity contribution in [1.82, 2.24) is 9.78 Å². The van der Waals surface area contributed by atoms with E-state index >= 15 is 0 Å². The number of hydrogen-bond acceptors (Lipinski definition) is 3. The molecule has 3 aromatic rings. The van der Waals surface area contributed by atoms with Crippen molar-refractivity contribution in [3.05, 3.63) is 71.1 Å². The Morgan fingerprint density at radius 1 is 1.03 bits per heavy atom. The number of nitrogens with one attached hydrogen (secondary N) is 2. The van der Waals surface area contributed by atoms with Crippen molar-refractivity contribution in [3.63, 3.8) is 0 Å². The smallest absolute Gasteiger partial charge is 0.276 e. The van der Waals surface area contributed by atoms with Gasteiger partial charge in [0.25, 0.3) is 5.91 Å². The van der Waals surface area contributed by atoms with Gasteiger partial charge in [-0.2, -0.15) is 5.10 Å². The van der Waals surface area contributed by atoms with Crippen molar-refractivity contribution in [2.24, 2.45) is 0 Å². The fraction of sp³-hybridized carbons (Fsp3) is 0.273. The summed E-state index contributed by atoms with van der Waals surface area (Å²) >= 11 is 0. The molecule has 0 bridgehead atoms. The normalized spacial score (nSPS) is 15.2. The monoisotopic (exact) mass is 394 g/mol. The van der Waals surface area contributed by atoms with Crippen LogP contribution in [0, 0.1) is 11.6 Å². The Labute approximate surface area is 166 Å². The van der Waals surface area contributed by atoms with Crippen molar-refractivity contribution in [1.29, 1.82) is 0 Å². The average Bonchev–Trinajstić information content (AvgIpc) is 3.26. The zero-order chi connectivity index (χ0) is 20.0. The highest BCUT2D eigenvalue weighted by atomic mass is 19.1. The quantitative estimate of drug-likeness (QED) is 0.672. The molecule has 7 heteroatoms. The van der Waals surface area contributed by atoms with E-state index in [9.17, 15) is 13.6 Å². The van der Waals surface area contributed by atoms with Crippen molar-refractivity contribution >= 4 is 17.3 Å². The molecule has 1 saturated carbocycles. The highest BCUT2D eigenvalue weighted by Crippen LogP contribution is 2.33. The van der Waals surface area contributed by atoms with Gasteiger partial charge in [0.2, 0.25) is 0 Å². The molecule has 0 saturated heterocycles. The van der Waals surface area contributed by atoms with E-state index in [0.717, 1.165) is 36.9 Å².